The summed E-state index contributed by atoms with van der Waals surface area (Å²) in [6, 6.07) is 7.33. The van der Waals surface area contributed by atoms with Crippen LogP contribution in [-0.4, -0.2) is 95.4 Å². The van der Waals surface area contributed by atoms with Crippen LogP contribution in [0.1, 0.15) is 73.6 Å². The van der Waals surface area contributed by atoms with Gasteiger partial charge in [0.15, 0.2) is 0 Å². The lowest BCUT2D eigenvalue weighted by Crippen LogP contribution is -2.48. The molecule has 1 aliphatic heterocycles. The number of benzene rings is 1. The van der Waals surface area contributed by atoms with E-state index in [-0.39, 0.29) is 43.2 Å². The Morgan fingerprint density at radius 3 is 2.56 bits per heavy atom. The Balaban J connectivity index is 1.91. The highest BCUT2D eigenvalue weighted by Crippen LogP contribution is 2.29. The average Bonchev–Trinajstić information content (AvgIpc) is 3.01. The summed E-state index contributed by atoms with van der Waals surface area (Å²) in [5.74, 6) is -1.53. The van der Waals surface area contributed by atoms with Gasteiger partial charge < -0.3 is 29.7 Å². The second kappa shape index (κ2) is 16.6. The third kappa shape index (κ3) is 11.0. The van der Waals surface area contributed by atoms with Gasteiger partial charge in [0.1, 0.15) is 5.75 Å². The second-order valence-electron chi connectivity index (χ2n) is 11.6. The molecule has 0 unspecified atom stereocenters. The Kier molecular flexibility index (Phi) is 13.2. The van der Waals surface area contributed by atoms with E-state index in [0.717, 1.165) is 6.42 Å². The summed E-state index contributed by atoms with van der Waals surface area (Å²) >= 11 is 0. The first-order valence-corrected chi connectivity index (χ1v) is 15.1. The zero-order valence-corrected chi connectivity index (χ0v) is 26.2. The number of hydrogen-bond acceptors (Lipinski definition) is 7. The van der Waals surface area contributed by atoms with E-state index in [9.17, 15) is 32.7 Å². The fourth-order valence-electron chi connectivity index (χ4n) is 4.98. The fraction of sp³-hybridized carbons (Fsp3) is 0.562. The lowest BCUT2D eigenvalue weighted by molar-refractivity contribution is -0.149. The van der Waals surface area contributed by atoms with Gasteiger partial charge in [0.2, 0.25) is 5.91 Å². The number of carbonyl (C=O) groups excluding carboxylic acids is 3. The molecule has 248 valence electrons. The second-order valence-corrected chi connectivity index (χ2v) is 11.6. The molecule has 3 amide bonds. The van der Waals surface area contributed by atoms with Crippen molar-refractivity contribution in [1.82, 2.24) is 14.8 Å². The van der Waals surface area contributed by atoms with Crippen LogP contribution in [0.3, 0.4) is 0 Å². The number of alkyl halides is 3. The van der Waals surface area contributed by atoms with Gasteiger partial charge in [-0.3, -0.25) is 19.4 Å². The predicted molar refractivity (Wildman–Crippen MR) is 162 cm³/mol. The van der Waals surface area contributed by atoms with E-state index in [1.807, 2.05) is 13.8 Å². The Hall–Kier alpha value is -3.71. The highest BCUT2D eigenvalue weighted by Gasteiger charge is 2.32. The van der Waals surface area contributed by atoms with Crippen LogP contribution in [-0.2, 0) is 9.53 Å². The molecule has 0 saturated carbocycles. The predicted octanol–water partition coefficient (Wildman–Crippen LogP) is 4.93. The van der Waals surface area contributed by atoms with Gasteiger partial charge in [0, 0.05) is 62.7 Å². The number of hydrogen-bond donors (Lipinski definition) is 2. The molecule has 13 heteroatoms. The largest absolute Gasteiger partial charge is 0.490 e. The van der Waals surface area contributed by atoms with Gasteiger partial charge in [0.05, 0.1) is 36.8 Å². The van der Waals surface area contributed by atoms with E-state index in [1.165, 1.54) is 35.3 Å². The number of halogens is 3. The molecular weight excluding hydrogens is 593 g/mol. The number of fused-ring (bicyclic) bond motifs is 1. The maximum absolute atomic E-state index is 14.2. The average molecular weight is 637 g/mol. The topological polar surface area (TPSA) is 121 Å². The van der Waals surface area contributed by atoms with Gasteiger partial charge in [-0.05, 0) is 63.4 Å². The van der Waals surface area contributed by atoms with Gasteiger partial charge >= 0.3 is 6.18 Å². The van der Waals surface area contributed by atoms with Crippen molar-refractivity contribution in [2.24, 2.45) is 5.92 Å². The normalized spacial score (nSPS) is 20.8. The number of pyridine rings is 1. The number of carbonyl (C=O) groups is 3. The monoisotopic (exact) mass is 636 g/mol. The summed E-state index contributed by atoms with van der Waals surface area (Å²) < 4.78 is 50.5. The minimum atomic E-state index is -4.44. The van der Waals surface area contributed by atoms with Crippen LogP contribution >= 0.6 is 0 Å². The number of aliphatic hydroxyl groups excluding tert-OH is 1. The third-order valence-corrected chi connectivity index (χ3v) is 7.75. The van der Waals surface area contributed by atoms with Crippen LogP contribution in [0, 0.1) is 5.92 Å². The van der Waals surface area contributed by atoms with E-state index in [4.69, 9.17) is 9.47 Å². The summed E-state index contributed by atoms with van der Waals surface area (Å²) in [6.45, 7) is 5.57. The molecule has 1 aromatic heterocycles. The zero-order chi connectivity index (χ0) is 33.1. The van der Waals surface area contributed by atoms with Crippen molar-refractivity contribution in [1.29, 1.82) is 0 Å². The number of anilines is 1. The van der Waals surface area contributed by atoms with Gasteiger partial charge in [-0.25, -0.2) is 0 Å². The number of aromatic nitrogens is 1. The molecule has 1 aromatic carbocycles. The Morgan fingerprint density at radius 2 is 1.89 bits per heavy atom. The number of rotatable bonds is 8. The first-order chi connectivity index (χ1) is 21.3. The molecular formula is C32H43F3N4O6. The zero-order valence-electron chi connectivity index (χ0n) is 26.2. The SMILES string of the molecule is C[C@@H]1CCCCO[C@@H](CN(C)C(=O)CCC(F)(F)F)[C@H](C)CN([C@@H](C)CO)C(=O)c2cc(NC(=O)c3ccncc3)ccc2O1. The molecule has 3 rings (SSSR count). The molecule has 2 aromatic rings. The molecule has 45 heavy (non-hydrogen) atoms. The summed E-state index contributed by atoms with van der Waals surface area (Å²) in [4.78, 5) is 46.2. The van der Waals surface area contributed by atoms with Crippen LogP contribution in [0.2, 0.25) is 0 Å². The Labute approximate surface area is 261 Å². The first-order valence-electron chi connectivity index (χ1n) is 15.1. The number of aliphatic hydroxyl groups is 1. The van der Waals surface area contributed by atoms with Crippen molar-refractivity contribution >= 4 is 23.4 Å². The minimum Gasteiger partial charge on any atom is -0.490 e. The van der Waals surface area contributed by atoms with Crippen LogP contribution in [0.4, 0.5) is 18.9 Å². The fourth-order valence-corrected chi connectivity index (χ4v) is 4.98. The minimum absolute atomic E-state index is 0.0364. The van der Waals surface area contributed by atoms with E-state index < -0.39 is 43.0 Å². The van der Waals surface area contributed by atoms with Crippen LogP contribution in [0.25, 0.3) is 0 Å². The van der Waals surface area contributed by atoms with E-state index in [2.05, 4.69) is 10.3 Å². The van der Waals surface area contributed by atoms with Crippen LogP contribution < -0.4 is 10.1 Å². The summed E-state index contributed by atoms with van der Waals surface area (Å²) in [5, 5.41) is 12.9. The molecule has 0 aliphatic carbocycles. The first kappa shape index (κ1) is 35.8. The molecule has 2 N–H and O–H groups in total. The maximum atomic E-state index is 14.2. The molecule has 0 saturated heterocycles. The van der Waals surface area contributed by atoms with Gasteiger partial charge in [0.25, 0.3) is 11.8 Å². The number of amides is 3. The number of nitrogens with zero attached hydrogens (tertiary/aromatic N) is 3. The molecule has 0 bridgehead atoms. The molecule has 0 radical (unpaired) electrons. The van der Waals surface area contributed by atoms with Crippen molar-refractivity contribution in [3.8, 4) is 5.75 Å². The van der Waals surface area contributed by atoms with Crippen molar-refractivity contribution in [2.75, 3.05) is 38.7 Å². The number of ether oxygens (including phenoxy) is 2. The highest BCUT2D eigenvalue weighted by molar-refractivity contribution is 6.05. The molecule has 10 nitrogen and oxygen atoms in total. The molecule has 0 spiro atoms. The lowest BCUT2D eigenvalue weighted by Gasteiger charge is -2.36. The summed E-state index contributed by atoms with van der Waals surface area (Å²) in [7, 11) is 1.44. The number of likely N-dealkylation sites (N-methyl/N-ethyl adjacent to an activating group) is 1. The smallest absolute Gasteiger partial charge is 0.389 e. The van der Waals surface area contributed by atoms with Crippen molar-refractivity contribution in [3.63, 3.8) is 0 Å². The Bertz CT molecular complexity index is 1280. The molecule has 4 atom stereocenters. The van der Waals surface area contributed by atoms with Crippen molar-refractivity contribution < 1.29 is 42.1 Å². The lowest BCUT2D eigenvalue weighted by atomic mass is 10.0. The standard InChI is InChI=1S/C32H43F3N4O6/c1-21-18-39(22(2)20-40)31(43)26-17-25(37-30(42)24-11-14-36-15-12-24)8-9-27(26)45-23(3)7-5-6-16-44-28(21)19-38(4)29(41)10-13-32(33,34)35/h8-9,11-12,14-15,17,21-23,28,40H,5-7,10,13,16,18-20H2,1-4H3,(H,37,42)/t21-,22+,23-,28+/m1/s1. The molecule has 1 aliphatic rings. The number of nitrogens with one attached hydrogen (secondary N) is 1. The van der Waals surface area contributed by atoms with E-state index in [1.54, 1.807) is 31.2 Å². The quantitative estimate of drug-likeness (QED) is 0.422. The van der Waals surface area contributed by atoms with Crippen LogP contribution in [0.5, 0.6) is 5.75 Å². The highest BCUT2D eigenvalue weighted by atomic mass is 19.4. The van der Waals surface area contributed by atoms with Gasteiger partial charge in [-0.1, -0.05) is 6.92 Å². The summed E-state index contributed by atoms with van der Waals surface area (Å²) in [6.07, 6.45) is -2.07. The van der Waals surface area contributed by atoms with Crippen molar-refractivity contribution in [2.45, 2.75) is 77.3 Å². The molecule has 0 fully saturated rings. The van der Waals surface area contributed by atoms with Gasteiger partial charge in [-0.2, -0.15) is 13.2 Å². The summed E-state index contributed by atoms with van der Waals surface area (Å²) in [5.41, 5.74) is 0.945. The van der Waals surface area contributed by atoms with Crippen LogP contribution in [0.15, 0.2) is 42.7 Å². The molecule has 2 heterocycles. The Morgan fingerprint density at radius 1 is 1.18 bits per heavy atom. The van der Waals surface area contributed by atoms with Gasteiger partial charge in [-0.15, -0.1) is 0 Å². The van der Waals surface area contributed by atoms with Crippen molar-refractivity contribution in [3.05, 3.63) is 53.9 Å². The maximum Gasteiger partial charge on any atom is 0.389 e. The van der Waals surface area contributed by atoms with E-state index >= 15 is 0 Å². The van der Waals surface area contributed by atoms with E-state index in [0.29, 0.717) is 36.4 Å². The third-order valence-electron chi connectivity index (χ3n) is 7.75.